The van der Waals surface area contributed by atoms with Crippen LogP contribution in [0.15, 0.2) is 96.5 Å². The van der Waals surface area contributed by atoms with Crippen molar-refractivity contribution in [1.82, 2.24) is 14.9 Å². The summed E-state index contributed by atoms with van der Waals surface area (Å²) in [6.45, 7) is 1.16. The molecular weight excluding hydrogens is 506 g/mol. The average molecular weight is 534 g/mol. The van der Waals surface area contributed by atoms with Crippen molar-refractivity contribution in [2.24, 2.45) is 5.16 Å². The van der Waals surface area contributed by atoms with Crippen molar-refractivity contribution in [3.63, 3.8) is 0 Å². The van der Waals surface area contributed by atoms with E-state index < -0.39 is 0 Å². The van der Waals surface area contributed by atoms with Gasteiger partial charge in [-0.15, -0.1) is 24.2 Å². The second-order valence-electron chi connectivity index (χ2n) is 8.31. The highest BCUT2D eigenvalue weighted by molar-refractivity contribution is 7.99. The number of nitrogens with zero attached hydrogens (tertiary/aromatic N) is 3. The maximum absolute atomic E-state index is 13.3. The fraction of sp³-hybridized carbons (Fsp3) is 0.179. The number of nitrogens with one attached hydrogen (secondary N) is 2. The minimum atomic E-state index is -0.128. The summed E-state index contributed by atoms with van der Waals surface area (Å²) >= 11 is 1.79. The van der Waals surface area contributed by atoms with E-state index in [-0.39, 0.29) is 23.7 Å². The van der Waals surface area contributed by atoms with E-state index in [0.29, 0.717) is 30.1 Å². The number of hydrogen-bond acceptors (Lipinski definition) is 6. The number of thioether (sulfide) groups is 1. The zero-order valence-corrected chi connectivity index (χ0v) is 22.0. The number of fused-ring (bicyclic) bond motifs is 1. The first-order valence-electron chi connectivity index (χ1n) is 11.8. The Morgan fingerprint density at radius 3 is 2.73 bits per heavy atom. The molecule has 0 spiro atoms. The summed E-state index contributed by atoms with van der Waals surface area (Å²) in [4.78, 5) is 23.1. The number of rotatable bonds is 9. The van der Waals surface area contributed by atoms with Gasteiger partial charge >= 0.3 is 0 Å². The molecule has 0 bridgehead atoms. The summed E-state index contributed by atoms with van der Waals surface area (Å²) in [5.74, 6) is 0.640. The van der Waals surface area contributed by atoms with Crippen molar-refractivity contribution < 1.29 is 9.63 Å². The normalized spacial score (nSPS) is 14.5. The standard InChI is InChI=1S/C28H27N5O2S.ClH/c1-29-14-16-35-32-26(20-7-3-2-4-8-20)21-9-5-11-23(17-21)31-27(34)24-12-15-33-25(24)19-36-28(33)22-10-6-13-30-18-22;/h2-13,15,17-18,28-29H,14,16,19H2,1H3,(H,31,34);1H/b32-26+;. The van der Waals surface area contributed by atoms with Crippen LogP contribution >= 0.6 is 24.2 Å². The number of benzene rings is 2. The number of oxime groups is 1. The van der Waals surface area contributed by atoms with E-state index in [1.165, 1.54) is 0 Å². The third-order valence-electron chi connectivity index (χ3n) is 5.91. The lowest BCUT2D eigenvalue weighted by atomic mass is 10.0. The van der Waals surface area contributed by atoms with Gasteiger partial charge < -0.3 is 20.0 Å². The van der Waals surface area contributed by atoms with E-state index in [4.69, 9.17) is 4.84 Å². The number of pyridine rings is 1. The highest BCUT2D eigenvalue weighted by Gasteiger charge is 2.28. The van der Waals surface area contributed by atoms with E-state index >= 15 is 0 Å². The molecule has 9 heteroatoms. The largest absolute Gasteiger partial charge is 0.394 e. The van der Waals surface area contributed by atoms with Gasteiger partial charge in [0.2, 0.25) is 0 Å². The summed E-state index contributed by atoms with van der Waals surface area (Å²) in [5.41, 5.74) is 6.04. The molecule has 0 radical (unpaired) electrons. The molecule has 37 heavy (non-hydrogen) atoms. The predicted molar refractivity (Wildman–Crippen MR) is 152 cm³/mol. The Kier molecular flexibility index (Phi) is 9.00. The SMILES string of the molecule is CNCCO/N=C(\c1ccccc1)c1cccc(NC(=O)c2ccn3c2CSC3c2cccnc2)c1.Cl. The average Bonchev–Trinajstić information content (AvgIpc) is 3.52. The molecule has 5 rings (SSSR count). The molecule has 7 nitrogen and oxygen atoms in total. The Labute approximate surface area is 226 Å². The van der Waals surface area contributed by atoms with Crippen LogP contribution in [-0.2, 0) is 10.6 Å². The fourth-order valence-corrected chi connectivity index (χ4v) is 5.45. The minimum absolute atomic E-state index is 0. The molecule has 1 unspecified atom stereocenters. The molecule has 2 N–H and O–H groups in total. The first-order valence-corrected chi connectivity index (χ1v) is 12.8. The smallest absolute Gasteiger partial charge is 0.257 e. The quantitative estimate of drug-likeness (QED) is 0.172. The Balaban J connectivity index is 0.00000320. The Hall–Kier alpha value is -3.59. The Morgan fingerprint density at radius 2 is 1.95 bits per heavy atom. The molecule has 1 aliphatic rings. The van der Waals surface area contributed by atoms with Gasteiger partial charge in [0.15, 0.2) is 0 Å². The predicted octanol–water partition coefficient (Wildman–Crippen LogP) is 5.34. The second kappa shape index (κ2) is 12.6. The topological polar surface area (TPSA) is 80.5 Å². The number of likely N-dealkylation sites (N-methyl/N-ethyl adjacent to an activating group) is 1. The van der Waals surface area contributed by atoms with Crippen molar-refractivity contribution in [2.45, 2.75) is 11.1 Å². The summed E-state index contributed by atoms with van der Waals surface area (Å²) in [6, 6.07) is 23.5. The van der Waals surface area contributed by atoms with Gasteiger partial charge in [-0.1, -0.05) is 53.7 Å². The number of aromatic nitrogens is 2. The molecule has 0 fully saturated rings. The van der Waals surface area contributed by atoms with Gasteiger partial charge in [0.1, 0.15) is 17.7 Å². The van der Waals surface area contributed by atoms with Crippen LogP contribution < -0.4 is 10.6 Å². The molecule has 3 heterocycles. The van der Waals surface area contributed by atoms with Gasteiger partial charge in [0.05, 0.1) is 5.56 Å². The first kappa shape index (κ1) is 26.5. The molecule has 1 aliphatic heterocycles. The van der Waals surface area contributed by atoms with Crippen LogP contribution in [0.1, 0.15) is 38.1 Å². The summed E-state index contributed by atoms with van der Waals surface area (Å²) in [6.07, 6.45) is 5.64. The van der Waals surface area contributed by atoms with Crippen LogP contribution in [0.3, 0.4) is 0 Å². The maximum Gasteiger partial charge on any atom is 0.257 e. The molecule has 0 saturated carbocycles. The molecule has 1 atom stereocenters. The molecular formula is C28H28ClN5O2S. The highest BCUT2D eigenvalue weighted by Crippen LogP contribution is 2.41. The minimum Gasteiger partial charge on any atom is -0.394 e. The zero-order valence-electron chi connectivity index (χ0n) is 20.3. The Bertz CT molecular complexity index is 1360. The van der Waals surface area contributed by atoms with Gasteiger partial charge in [-0.3, -0.25) is 9.78 Å². The van der Waals surface area contributed by atoms with Gasteiger partial charge in [0, 0.05) is 59.0 Å². The monoisotopic (exact) mass is 533 g/mol. The third-order valence-corrected chi connectivity index (χ3v) is 7.16. The van der Waals surface area contributed by atoms with Gasteiger partial charge in [-0.25, -0.2) is 0 Å². The fourth-order valence-electron chi connectivity index (χ4n) is 4.14. The number of carbonyl (C=O) groups excluding carboxylic acids is 1. The van der Waals surface area contributed by atoms with Gasteiger partial charge in [-0.05, 0) is 31.3 Å². The molecule has 0 saturated heterocycles. The van der Waals surface area contributed by atoms with Crippen molar-refractivity contribution in [2.75, 3.05) is 25.5 Å². The lowest BCUT2D eigenvalue weighted by molar-refractivity contribution is 0.102. The van der Waals surface area contributed by atoms with Crippen molar-refractivity contribution >= 4 is 41.5 Å². The zero-order chi connectivity index (χ0) is 24.7. The number of anilines is 1. The van der Waals surface area contributed by atoms with Crippen LogP contribution in [0.2, 0.25) is 0 Å². The summed E-state index contributed by atoms with van der Waals surface area (Å²) in [7, 11) is 1.87. The number of halogens is 1. The van der Waals surface area contributed by atoms with E-state index in [1.54, 1.807) is 18.0 Å². The van der Waals surface area contributed by atoms with E-state index in [9.17, 15) is 4.79 Å². The molecule has 2 aromatic heterocycles. The molecule has 4 aromatic rings. The van der Waals surface area contributed by atoms with E-state index in [2.05, 4.69) is 31.4 Å². The van der Waals surface area contributed by atoms with E-state index in [0.717, 1.165) is 28.1 Å². The molecule has 2 aromatic carbocycles. The second-order valence-corrected chi connectivity index (χ2v) is 9.38. The van der Waals surface area contributed by atoms with Crippen molar-refractivity contribution in [1.29, 1.82) is 0 Å². The van der Waals surface area contributed by atoms with Crippen molar-refractivity contribution in [3.8, 4) is 0 Å². The first-order chi connectivity index (χ1) is 17.7. The summed E-state index contributed by atoms with van der Waals surface area (Å²) < 4.78 is 2.16. The van der Waals surface area contributed by atoms with E-state index in [1.807, 2.05) is 86.2 Å². The number of carbonyl (C=O) groups is 1. The maximum atomic E-state index is 13.3. The van der Waals surface area contributed by atoms with Crippen LogP contribution in [0.25, 0.3) is 0 Å². The van der Waals surface area contributed by atoms with Crippen LogP contribution in [-0.4, -0.2) is 41.4 Å². The highest BCUT2D eigenvalue weighted by atomic mass is 35.5. The van der Waals surface area contributed by atoms with Crippen LogP contribution in [0.5, 0.6) is 0 Å². The van der Waals surface area contributed by atoms with Crippen LogP contribution in [0, 0.1) is 0 Å². The summed E-state index contributed by atoms with van der Waals surface area (Å²) in [5, 5.41) is 10.7. The molecule has 190 valence electrons. The number of amides is 1. The number of hydrogen-bond donors (Lipinski definition) is 2. The van der Waals surface area contributed by atoms with Crippen LogP contribution in [0.4, 0.5) is 5.69 Å². The molecule has 1 amide bonds. The Morgan fingerprint density at radius 1 is 1.11 bits per heavy atom. The third kappa shape index (κ3) is 6.05. The van der Waals surface area contributed by atoms with Gasteiger partial charge in [0.25, 0.3) is 5.91 Å². The lowest BCUT2D eigenvalue weighted by Crippen LogP contribution is -2.15. The molecule has 0 aliphatic carbocycles. The van der Waals surface area contributed by atoms with Gasteiger partial charge in [-0.2, -0.15) is 0 Å². The lowest BCUT2D eigenvalue weighted by Gasteiger charge is -2.12. The van der Waals surface area contributed by atoms with Crippen molar-refractivity contribution in [3.05, 3.63) is 119 Å².